The maximum absolute atomic E-state index is 12.5. The van der Waals surface area contributed by atoms with Crippen molar-refractivity contribution in [2.75, 3.05) is 25.7 Å². The average molecular weight is 465 g/mol. The molecular formula is C22H25ClN2O5S. The molecule has 166 valence electrons. The third-order valence-corrected chi connectivity index (χ3v) is 5.29. The summed E-state index contributed by atoms with van der Waals surface area (Å²) in [6.45, 7) is -0.147. The quantitative estimate of drug-likeness (QED) is 0.496. The molecule has 0 aliphatic rings. The van der Waals surface area contributed by atoms with Gasteiger partial charge in [0.15, 0.2) is 6.61 Å². The molecule has 7 nitrogen and oxygen atoms in total. The van der Waals surface area contributed by atoms with Crippen molar-refractivity contribution < 1.29 is 23.9 Å². The van der Waals surface area contributed by atoms with Crippen molar-refractivity contribution in [2.45, 2.75) is 19.0 Å². The minimum atomic E-state index is -0.884. The molecule has 0 fully saturated rings. The molecule has 0 saturated carbocycles. The molecule has 0 aliphatic carbocycles. The van der Waals surface area contributed by atoms with E-state index in [4.69, 9.17) is 21.1 Å². The second-order valence-corrected chi connectivity index (χ2v) is 7.91. The van der Waals surface area contributed by atoms with Crippen molar-refractivity contribution in [3.63, 3.8) is 0 Å². The molecule has 2 aromatic carbocycles. The van der Waals surface area contributed by atoms with E-state index in [1.165, 1.54) is 11.8 Å². The van der Waals surface area contributed by atoms with Crippen LogP contribution in [0.4, 0.5) is 0 Å². The average Bonchev–Trinajstić information content (AvgIpc) is 2.79. The van der Waals surface area contributed by atoms with Gasteiger partial charge in [-0.15, -0.1) is 0 Å². The van der Waals surface area contributed by atoms with E-state index in [-0.39, 0.29) is 10.6 Å². The van der Waals surface area contributed by atoms with E-state index >= 15 is 0 Å². The second-order valence-electron chi connectivity index (χ2n) is 6.52. The Bertz CT molecular complexity index is 892. The van der Waals surface area contributed by atoms with E-state index in [0.29, 0.717) is 18.7 Å². The van der Waals surface area contributed by atoms with Crippen LogP contribution in [0, 0.1) is 0 Å². The molecule has 0 heterocycles. The van der Waals surface area contributed by atoms with Gasteiger partial charge in [-0.25, -0.2) is 4.79 Å². The van der Waals surface area contributed by atoms with Gasteiger partial charge < -0.3 is 20.1 Å². The smallest absolute Gasteiger partial charge is 0.329 e. The number of amides is 2. The van der Waals surface area contributed by atoms with E-state index in [0.717, 1.165) is 11.3 Å². The Hall–Kier alpha value is -2.71. The monoisotopic (exact) mass is 464 g/mol. The van der Waals surface area contributed by atoms with Gasteiger partial charge >= 0.3 is 5.97 Å². The normalized spacial score (nSPS) is 11.3. The van der Waals surface area contributed by atoms with Crippen LogP contribution in [0.2, 0.25) is 5.02 Å². The first-order valence-electron chi connectivity index (χ1n) is 9.55. The molecule has 1 unspecified atom stereocenters. The predicted molar refractivity (Wildman–Crippen MR) is 122 cm³/mol. The van der Waals surface area contributed by atoms with Crippen LogP contribution < -0.4 is 15.4 Å². The van der Waals surface area contributed by atoms with Crippen LogP contribution in [0.15, 0.2) is 48.5 Å². The Labute approximate surface area is 190 Å². The van der Waals surface area contributed by atoms with Crippen LogP contribution in [0.25, 0.3) is 0 Å². The lowest BCUT2D eigenvalue weighted by Gasteiger charge is -2.17. The zero-order valence-corrected chi connectivity index (χ0v) is 18.9. The van der Waals surface area contributed by atoms with Gasteiger partial charge in [-0.2, -0.15) is 11.8 Å². The van der Waals surface area contributed by atoms with Crippen LogP contribution in [0.3, 0.4) is 0 Å². The fraction of sp³-hybridized carbons (Fsp3) is 0.318. The van der Waals surface area contributed by atoms with Crippen molar-refractivity contribution in [2.24, 2.45) is 0 Å². The third-order valence-electron chi connectivity index (χ3n) is 4.31. The topological polar surface area (TPSA) is 93.7 Å². The van der Waals surface area contributed by atoms with Gasteiger partial charge in [0.25, 0.3) is 11.8 Å². The molecule has 1 atom stereocenters. The van der Waals surface area contributed by atoms with Gasteiger partial charge in [-0.05, 0) is 48.3 Å². The number of thioether (sulfide) groups is 1. The Morgan fingerprint density at radius 1 is 1.10 bits per heavy atom. The van der Waals surface area contributed by atoms with Crippen molar-refractivity contribution in [1.82, 2.24) is 10.6 Å². The van der Waals surface area contributed by atoms with Crippen LogP contribution in [0.5, 0.6) is 5.75 Å². The molecule has 2 amide bonds. The molecule has 0 bridgehead atoms. The van der Waals surface area contributed by atoms with Crippen LogP contribution in [-0.4, -0.2) is 49.6 Å². The summed E-state index contributed by atoms with van der Waals surface area (Å²) in [5, 5.41) is 5.62. The summed E-state index contributed by atoms with van der Waals surface area (Å²) in [7, 11) is 1.58. The van der Waals surface area contributed by atoms with Crippen LogP contribution >= 0.6 is 23.4 Å². The lowest BCUT2D eigenvalue weighted by molar-refractivity contribution is -0.150. The molecule has 0 spiro atoms. The highest BCUT2D eigenvalue weighted by atomic mass is 35.5. The Balaban J connectivity index is 1.86. The van der Waals surface area contributed by atoms with Gasteiger partial charge in [0.2, 0.25) is 0 Å². The van der Waals surface area contributed by atoms with Gasteiger partial charge in [0.05, 0.1) is 17.7 Å². The lowest BCUT2D eigenvalue weighted by Crippen LogP contribution is -2.43. The van der Waals surface area contributed by atoms with Gasteiger partial charge in [-0.3, -0.25) is 9.59 Å². The summed E-state index contributed by atoms with van der Waals surface area (Å²) >= 11 is 7.58. The first kappa shape index (κ1) is 24.6. The maximum Gasteiger partial charge on any atom is 0.329 e. The fourth-order valence-electron chi connectivity index (χ4n) is 2.60. The Kier molecular flexibility index (Phi) is 10.2. The summed E-state index contributed by atoms with van der Waals surface area (Å²) in [6.07, 6.45) is 2.26. The third kappa shape index (κ3) is 8.15. The van der Waals surface area contributed by atoms with E-state index < -0.39 is 30.4 Å². The standard InChI is InChI=1S/C22H25ClN2O5S/c1-29-16-9-7-15(8-10-16)13-24-20(26)14-30-22(28)19(11-12-31-2)25-21(27)17-5-3-4-6-18(17)23/h3-10,19H,11-14H2,1-2H3,(H,24,26)(H,25,27). The summed E-state index contributed by atoms with van der Waals surface area (Å²) < 4.78 is 10.2. The van der Waals surface area contributed by atoms with Crippen molar-refractivity contribution in [1.29, 1.82) is 0 Å². The molecule has 0 saturated heterocycles. The van der Waals surface area contributed by atoms with Crippen LogP contribution in [-0.2, 0) is 20.9 Å². The molecule has 0 radical (unpaired) electrons. The Morgan fingerprint density at radius 3 is 2.45 bits per heavy atom. The zero-order valence-electron chi connectivity index (χ0n) is 17.4. The number of hydrogen-bond donors (Lipinski definition) is 2. The highest BCUT2D eigenvalue weighted by Crippen LogP contribution is 2.15. The number of benzene rings is 2. The number of carbonyl (C=O) groups excluding carboxylic acids is 3. The molecule has 0 aliphatic heterocycles. The first-order valence-corrected chi connectivity index (χ1v) is 11.3. The predicted octanol–water partition coefficient (Wildman–Crippen LogP) is 3.06. The first-order chi connectivity index (χ1) is 14.9. The molecular weight excluding hydrogens is 440 g/mol. The molecule has 9 heteroatoms. The van der Waals surface area contributed by atoms with Crippen molar-refractivity contribution in [3.8, 4) is 5.75 Å². The second kappa shape index (κ2) is 12.9. The number of rotatable bonds is 11. The number of methoxy groups -OCH3 is 1. The van der Waals surface area contributed by atoms with E-state index in [1.807, 2.05) is 18.4 Å². The van der Waals surface area contributed by atoms with Gasteiger partial charge in [-0.1, -0.05) is 35.9 Å². The van der Waals surface area contributed by atoms with E-state index in [2.05, 4.69) is 10.6 Å². The number of esters is 1. The molecule has 2 N–H and O–H groups in total. The number of hydrogen-bond acceptors (Lipinski definition) is 6. The highest BCUT2D eigenvalue weighted by molar-refractivity contribution is 7.98. The summed E-state index contributed by atoms with van der Waals surface area (Å²) in [5.74, 6) is -0.234. The number of ether oxygens (including phenoxy) is 2. The maximum atomic E-state index is 12.5. The van der Waals surface area contributed by atoms with Gasteiger partial charge in [0, 0.05) is 6.54 Å². The summed E-state index contributed by atoms with van der Waals surface area (Å²) in [4.78, 5) is 37.0. The van der Waals surface area contributed by atoms with Crippen LogP contribution in [0.1, 0.15) is 22.3 Å². The molecule has 31 heavy (non-hydrogen) atoms. The van der Waals surface area contributed by atoms with Gasteiger partial charge in [0.1, 0.15) is 11.8 Å². The number of nitrogens with one attached hydrogen (secondary N) is 2. The SMILES string of the molecule is COc1ccc(CNC(=O)COC(=O)C(CCSC)NC(=O)c2ccccc2Cl)cc1. The largest absolute Gasteiger partial charge is 0.497 e. The van der Waals surface area contributed by atoms with E-state index in [9.17, 15) is 14.4 Å². The minimum absolute atomic E-state index is 0.267. The highest BCUT2D eigenvalue weighted by Gasteiger charge is 2.24. The van der Waals surface area contributed by atoms with Crippen molar-refractivity contribution in [3.05, 3.63) is 64.7 Å². The zero-order chi connectivity index (χ0) is 22.6. The molecule has 0 aromatic heterocycles. The summed E-state index contributed by atoms with van der Waals surface area (Å²) in [6, 6.07) is 12.9. The minimum Gasteiger partial charge on any atom is -0.497 e. The van der Waals surface area contributed by atoms with E-state index in [1.54, 1.807) is 43.5 Å². The number of halogens is 1. The van der Waals surface area contributed by atoms with Crippen molar-refractivity contribution >= 4 is 41.1 Å². The lowest BCUT2D eigenvalue weighted by atomic mass is 10.1. The number of carbonyl (C=O) groups is 3. The Morgan fingerprint density at radius 2 is 1.81 bits per heavy atom. The fourth-order valence-corrected chi connectivity index (χ4v) is 3.29. The molecule has 2 rings (SSSR count). The summed E-state index contributed by atoms with van der Waals surface area (Å²) in [5.41, 5.74) is 1.15. The molecule has 2 aromatic rings.